The Morgan fingerprint density at radius 3 is 2.55 bits per heavy atom. The first-order valence-corrected chi connectivity index (χ1v) is 8.03. The Balaban J connectivity index is 2.61. The second kappa shape index (κ2) is 10.2. The molecule has 0 spiro atoms. The third kappa shape index (κ3) is 6.25. The van der Waals surface area contributed by atoms with Crippen LogP contribution >= 0.6 is 11.6 Å². The molecule has 0 aliphatic carbocycles. The summed E-state index contributed by atoms with van der Waals surface area (Å²) in [6, 6.07) is 8.25. The summed E-state index contributed by atoms with van der Waals surface area (Å²) >= 11 is 6.09. The fourth-order valence-electron chi connectivity index (χ4n) is 2.79. The van der Waals surface area contributed by atoms with Crippen LogP contribution < -0.4 is 5.32 Å². The highest BCUT2D eigenvalue weighted by atomic mass is 35.5. The minimum atomic E-state index is 0.653. The standard InChI is InChI=1S/C17H28ClNO/c1-4-15(5-2)16(13-19-9-10-20-3)11-14-7-6-8-17(18)12-14/h6-8,12,15-16,19H,4-5,9-11,13H2,1-3H3. The number of nitrogens with one attached hydrogen (secondary N) is 1. The molecule has 1 unspecified atom stereocenters. The molecule has 0 fully saturated rings. The van der Waals surface area contributed by atoms with E-state index in [1.807, 2.05) is 12.1 Å². The monoisotopic (exact) mass is 297 g/mol. The third-order valence-electron chi connectivity index (χ3n) is 3.99. The molecule has 0 heterocycles. The van der Waals surface area contributed by atoms with E-state index in [0.717, 1.165) is 37.1 Å². The van der Waals surface area contributed by atoms with E-state index in [-0.39, 0.29) is 0 Å². The zero-order chi connectivity index (χ0) is 14.8. The maximum absolute atomic E-state index is 6.09. The first-order valence-electron chi connectivity index (χ1n) is 7.65. The van der Waals surface area contributed by atoms with Crippen molar-refractivity contribution >= 4 is 11.6 Å². The first-order chi connectivity index (χ1) is 9.71. The molecule has 0 radical (unpaired) electrons. The molecule has 0 aliphatic heterocycles. The van der Waals surface area contributed by atoms with Gasteiger partial charge in [-0.05, 0) is 42.5 Å². The third-order valence-corrected chi connectivity index (χ3v) is 4.23. The number of hydrogen-bond acceptors (Lipinski definition) is 2. The van der Waals surface area contributed by atoms with Crippen LogP contribution in [0.4, 0.5) is 0 Å². The Morgan fingerprint density at radius 1 is 1.20 bits per heavy atom. The molecule has 0 bridgehead atoms. The summed E-state index contributed by atoms with van der Waals surface area (Å²) in [5.74, 6) is 1.41. The maximum atomic E-state index is 6.09. The minimum absolute atomic E-state index is 0.653. The lowest BCUT2D eigenvalue weighted by atomic mass is 9.83. The van der Waals surface area contributed by atoms with Crippen LogP contribution in [-0.4, -0.2) is 26.8 Å². The Hall–Kier alpha value is -0.570. The van der Waals surface area contributed by atoms with Crippen molar-refractivity contribution in [2.24, 2.45) is 11.8 Å². The van der Waals surface area contributed by atoms with E-state index in [1.165, 1.54) is 18.4 Å². The van der Waals surface area contributed by atoms with Crippen LogP contribution in [0.5, 0.6) is 0 Å². The summed E-state index contributed by atoms with van der Waals surface area (Å²) in [6.07, 6.45) is 3.55. The molecule has 0 amide bonds. The van der Waals surface area contributed by atoms with Crippen molar-refractivity contribution in [3.8, 4) is 0 Å². The maximum Gasteiger partial charge on any atom is 0.0587 e. The smallest absolute Gasteiger partial charge is 0.0587 e. The molecular formula is C17H28ClNO. The van der Waals surface area contributed by atoms with Gasteiger partial charge in [0.1, 0.15) is 0 Å². The predicted octanol–water partition coefficient (Wildman–Crippen LogP) is 4.17. The Morgan fingerprint density at radius 2 is 1.95 bits per heavy atom. The van der Waals surface area contributed by atoms with Crippen molar-refractivity contribution in [1.29, 1.82) is 0 Å². The van der Waals surface area contributed by atoms with Gasteiger partial charge in [0, 0.05) is 18.7 Å². The van der Waals surface area contributed by atoms with E-state index in [9.17, 15) is 0 Å². The normalized spacial score (nSPS) is 12.8. The van der Waals surface area contributed by atoms with Crippen molar-refractivity contribution in [3.63, 3.8) is 0 Å². The van der Waals surface area contributed by atoms with Gasteiger partial charge in [-0.2, -0.15) is 0 Å². The quantitative estimate of drug-likeness (QED) is 0.654. The molecule has 114 valence electrons. The van der Waals surface area contributed by atoms with Crippen molar-refractivity contribution in [3.05, 3.63) is 34.9 Å². The molecule has 0 aromatic heterocycles. The fourth-order valence-corrected chi connectivity index (χ4v) is 3.00. The van der Waals surface area contributed by atoms with Gasteiger partial charge < -0.3 is 10.1 Å². The van der Waals surface area contributed by atoms with Crippen molar-refractivity contribution in [2.45, 2.75) is 33.1 Å². The van der Waals surface area contributed by atoms with Crippen LogP contribution in [0.1, 0.15) is 32.3 Å². The summed E-state index contributed by atoms with van der Waals surface area (Å²) in [7, 11) is 1.74. The van der Waals surface area contributed by atoms with Gasteiger partial charge >= 0.3 is 0 Å². The lowest BCUT2D eigenvalue weighted by molar-refractivity contribution is 0.194. The largest absolute Gasteiger partial charge is 0.383 e. The molecule has 0 saturated heterocycles. The molecule has 1 rings (SSSR count). The lowest BCUT2D eigenvalue weighted by Crippen LogP contribution is -2.31. The molecule has 1 atom stereocenters. The Kier molecular flexibility index (Phi) is 8.92. The van der Waals surface area contributed by atoms with Gasteiger partial charge in [0.2, 0.25) is 0 Å². The Labute approximate surface area is 128 Å². The van der Waals surface area contributed by atoms with E-state index >= 15 is 0 Å². The molecule has 20 heavy (non-hydrogen) atoms. The molecule has 1 aromatic rings. The average molecular weight is 298 g/mol. The number of benzene rings is 1. The number of ether oxygens (including phenoxy) is 1. The van der Waals surface area contributed by atoms with E-state index in [2.05, 4.69) is 31.3 Å². The SMILES string of the molecule is CCC(CC)C(CNCCOC)Cc1cccc(Cl)c1. The van der Waals surface area contributed by atoms with Gasteiger partial charge in [-0.15, -0.1) is 0 Å². The summed E-state index contributed by atoms with van der Waals surface area (Å²) in [5, 5.41) is 4.34. The number of hydrogen-bond donors (Lipinski definition) is 1. The number of rotatable bonds is 10. The van der Waals surface area contributed by atoms with Gasteiger partial charge in [-0.3, -0.25) is 0 Å². The van der Waals surface area contributed by atoms with Crippen LogP contribution in [0.25, 0.3) is 0 Å². The van der Waals surface area contributed by atoms with Gasteiger partial charge in [-0.1, -0.05) is 50.4 Å². The van der Waals surface area contributed by atoms with E-state index in [4.69, 9.17) is 16.3 Å². The summed E-state index contributed by atoms with van der Waals surface area (Å²) in [6.45, 7) is 7.31. The summed E-state index contributed by atoms with van der Waals surface area (Å²) < 4.78 is 5.09. The topological polar surface area (TPSA) is 21.3 Å². The molecule has 1 N–H and O–H groups in total. The van der Waals surface area contributed by atoms with Gasteiger partial charge in [0.05, 0.1) is 6.61 Å². The highest BCUT2D eigenvalue weighted by Gasteiger charge is 2.18. The highest BCUT2D eigenvalue weighted by molar-refractivity contribution is 6.30. The molecule has 3 heteroatoms. The van der Waals surface area contributed by atoms with Crippen molar-refractivity contribution < 1.29 is 4.74 Å². The number of methoxy groups -OCH3 is 1. The highest BCUT2D eigenvalue weighted by Crippen LogP contribution is 2.24. The molecular weight excluding hydrogens is 270 g/mol. The van der Waals surface area contributed by atoms with E-state index < -0.39 is 0 Å². The number of halogens is 1. The zero-order valence-electron chi connectivity index (χ0n) is 13.0. The van der Waals surface area contributed by atoms with Crippen LogP contribution in [0, 0.1) is 11.8 Å². The fraction of sp³-hybridized carbons (Fsp3) is 0.647. The van der Waals surface area contributed by atoms with Crippen molar-refractivity contribution in [1.82, 2.24) is 5.32 Å². The van der Waals surface area contributed by atoms with Gasteiger partial charge in [0.25, 0.3) is 0 Å². The molecule has 2 nitrogen and oxygen atoms in total. The molecule has 0 aliphatic rings. The van der Waals surface area contributed by atoms with E-state index in [0.29, 0.717) is 5.92 Å². The average Bonchev–Trinajstić information content (AvgIpc) is 2.44. The van der Waals surface area contributed by atoms with Gasteiger partial charge in [-0.25, -0.2) is 0 Å². The molecule has 0 saturated carbocycles. The van der Waals surface area contributed by atoms with E-state index in [1.54, 1.807) is 7.11 Å². The second-order valence-electron chi connectivity index (χ2n) is 5.37. The minimum Gasteiger partial charge on any atom is -0.383 e. The molecule has 1 aromatic carbocycles. The van der Waals surface area contributed by atoms with Crippen LogP contribution in [0.3, 0.4) is 0 Å². The second-order valence-corrected chi connectivity index (χ2v) is 5.80. The first kappa shape index (κ1) is 17.5. The van der Waals surface area contributed by atoms with Crippen LogP contribution in [-0.2, 0) is 11.2 Å². The van der Waals surface area contributed by atoms with Crippen LogP contribution in [0.15, 0.2) is 24.3 Å². The van der Waals surface area contributed by atoms with Crippen molar-refractivity contribution in [2.75, 3.05) is 26.8 Å². The van der Waals surface area contributed by atoms with Gasteiger partial charge in [0.15, 0.2) is 0 Å². The lowest BCUT2D eigenvalue weighted by Gasteiger charge is -2.26. The summed E-state index contributed by atoms with van der Waals surface area (Å²) in [4.78, 5) is 0. The zero-order valence-corrected chi connectivity index (χ0v) is 13.7. The summed E-state index contributed by atoms with van der Waals surface area (Å²) in [5.41, 5.74) is 1.34. The van der Waals surface area contributed by atoms with Crippen LogP contribution in [0.2, 0.25) is 5.02 Å². The Bertz CT molecular complexity index is 366. The predicted molar refractivity (Wildman–Crippen MR) is 87.5 cm³/mol.